The van der Waals surface area contributed by atoms with E-state index in [1.807, 2.05) is 17.8 Å². The molecule has 1 aromatic carbocycles. The summed E-state index contributed by atoms with van der Waals surface area (Å²) in [5.74, 6) is 2.55. The number of aromatic nitrogens is 2. The van der Waals surface area contributed by atoms with Crippen LogP contribution in [0.15, 0.2) is 30.5 Å². The van der Waals surface area contributed by atoms with E-state index in [1.54, 1.807) is 0 Å². The van der Waals surface area contributed by atoms with Gasteiger partial charge in [-0.3, -0.25) is 9.78 Å². The van der Waals surface area contributed by atoms with Crippen molar-refractivity contribution in [1.29, 1.82) is 0 Å². The molecule has 0 spiro atoms. The summed E-state index contributed by atoms with van der Waals surface area (Å²) < 4.78 is 0. The van der Waals surface area contributed by atoms with Crippen LogP contribution in [0.1, 0.15) is 54.9 Å². The Morgan fingerprint density at radius 2 is 2.16 bits per heavy atom. The summed E-state index contributed by atoms with van der Waals surface area (Å²) in [4.78, 5) is 25.4. The smallest absolute Gasteiger partial charge is 0.314 e. The summed E-state index contributed by atoms with van der Waals surface area (Å²) in [7, 11) is 0. The van der Waals surface area contributed by atoms with Crippen molar-refractivity contribution >= 4 is 34.7 Å². The van der Waals surface area contributed by atoms with Gasteiger partial charge in [0.15, 0.2) is 0 Å². The normalized spacial score (nSPS) is 18.6. The van der Waals surface area contributed by atoms with Crippen LogP contribution in [0.4, 0.5) is 11.5 Å². The van der Waals surface area contributed by atoms with Crippen molar-refractivity contribution in [1.82, 2.24) is 14.9 Å². The number of anilines is 1. The Kier molecular flexibility index (Phi) is 7.02. The maximum Gasteiger partial charge on any atom is 0.314 e. The Balaban J connectivity index is 1.56. The number of nitrogens with zero attached hydrogens (tertiary/aromatic N) is 3. The van der Waals surface area contributed by atoms with Crippen LogP contribution in [-0.2, 0) is 6.42 Å². The Morgan fingerprint density at radius 1 is 1.34 bits per heavy atom. The van der Waals surface area contributed by atoms with Crippen LogP contribution in [0.2, 0.25) is 0 Å². The number of carbonyl (C=O) groups is 1. The summed E-state index contributed by atoms with van der Waals surface area (Å²) in [6, 6.07) is 6.40. The molecule has 1 amide bonds. The molecule has 32 heavy (non-hydrogen) atoms. The van der Waals surface area contributed by atoms with Crippen LogP contribution in [0.5, 0.6) is 0 Å². The highest BCUT2D eigenvalue weighted by Gasteiger charge is 2.24. The summed E-state index contributed by atoms with van der Waals surface area (Å²) in [5.41, 5.74) is 4.84. The van der Waals surface area contributed by atoms with Crippen LogP contribution in [0.25, 0.3) is 10.4 Å². The monoisotopic (exact) mass is 449 g/mol. The summed E-state index contributed by atoms with van der Waals surface area (Å²) in [5, 5.41) is 3.03. The second-order valence-corrected chi connectivity index (χ2v) is 10.6. The molecular formula is C25H31N5OS. The number of hydrogen-bond acceptors (Lipinski definition) is 4. The average Bonchev–Trinajstić information content (AvgIpc) is 3.29. The number of rotatable bonds is 6. The Hall–Kier alpha value is -2.56. The molecule has 1 aliphatic heterocycles. The molecule has 0 unspecified atom stereocenters. The van der Waals surface area contributed by atoms with Gasteiger partial charge in [-0.05, 0) is 54.4 Å². The van der Waals surface area contributed by atoms with Crippen LogP contribution in [0.3, 0.4) is 0 Å². The van der Waals surface area contributed by atoms with Gasteiger partial charge in [-0.1, -0.05) is 32.6 Å². The number of nitrogens with one attached hydrogen (secondary N) is 2. The number of aromatic amines is 1. The first-order valence-corrected chi connectivity index (χ1v) is 12.5. The highest BCUT2D eigenvalue weighted by Crippen LogP contribution is 2.40. The van der Waals surface area contributed by atoms with E-state index < -0.39 is 0 Å². The predicted molar refractivity (Wildman–Crippen MR) is 132 cm³/mol. The van der Waals surface area contributed by atoms with Gasteiger partial charge in [-0.25, -0.2) is 4.98 Å². The highest BCUT2D eigenvalue weighted by atomic mass is 32.2. The maximum atomic E-state index is 12.8. The first-order valence-electron chi connectivity index (χ1n) is 11.3. The van der Waals surface area contributed by atoms with Gasteiger partial charge in [0.2, 0.25) is 5.82 Å². The number of allylic oxidation sites excluding steroid dienone is 2. The summed E-state index contributed by atoms with van der Waals surface area (Å²) in [6.45, 7) is 15.1. The number of carbonyl (C=O) groups excluding carboxylic acids is 1. The van der Waals surface area contributed by atoms with E-state index in [4.69, 9.17) is 6.57 Å². The quantitative estimate of drug-likeness (QED) is 0.580. The van der Waals surface area contributed by atoms with E-state index in [0.717, 1.165) is 43.5 Å². The van der Waals surface area contributed by atoms with Crippen molar-refractivity contribution in [2.45, 2.75) is 39.5 Å². The predicted octanol–water partition coefficient (Wildman–Crippen LogP) is 5.40. The van der Waals surface area contributed by atoms with Crippen molar-refractivity contribution in [2.24, 2.45) is 5.41 Å². The standard InChI is InChI=1S/C25H31N5OS/c1-25(2)9-6-19(7-10-25)20-16-18(8-11-30-12-14-32-15-13-30)4-5-21(20)28-24(31)23-27-17-22(26-3)29-23/h4-6,16-17H,7-15H2,1-2H3,(H,27,29)(H,28,31). The van der Waals surface area contributed by atoms with Gasteiger partial charge in [0.1, 0.15) is 0 Å². The van der Waals surface area contributed by atoms with Gasteiger partial charge < -0.3 is 15.1 Å². The Bertz CT molecular complexity index is 1040. The minimum atomic E-state index is -0.323. The molecular weight excluding hydrogens is 418 g/mol. The lowest BCUT2D eigenvalue weighted by Crippen LogP contribution is -2.34. The fraction of sp³-hybridized carbons (Fsp3) is 0.480. The number of thioether (sulfide) groups is 1. The molecule has 4 rings (SSSR count). The zero-order valence-corrected chi connectivity index (χ0v) is 19.7. The largest absolute Gasteiger partial charge is 0.363 e. The lowest BCUT2D eigenvalue weighted by Gasteiger charge is -2.29. The molecule has 2 N–H and O–H groups in total. The van der Waals surface area contributed by atoms with Gasteiger partial charge in [0, 0.05) is 42.4 Å². The van der Waals surface area contributed by atoms with E-state index in [1.165, 1.54) is 41.9 Å². The average molecular weight is 450 g/mol. The van der Waals surface area contributed by atoms with Crippen LogP contribution in [-0.4, -0.2) is 51.9 Å². The fourth-order valence-electron chi connectivity index (χ4n) is 4.22. The second kappa shape index (κ2) is 9.93. The Labute approximate surface area is 194 Å². The third kappa shape index (κ3) is 5.62. The van der Waals surface area contributed by atoms with Gasteiger partial charge >= 0.3 is 5.91 Å². The number of H-pyrrole nitrogens is 1. The molecule has 2 aliphatic rings. The van der Waals surface area contributed by atoms with E-state index in [2.05, 4.69) is 57.1 Å². The molecule has 1 saturated heterocycles. The molecule has 1 fully saturated rings. The Morgan fingerprint density at radius 3 is 2.84 bits per heavy atom. The number of benzene rings is 1. The van der Waals surface area contributed by atoms with E-state index in [-0.39, 0.29) is 17.5 Å². The zero-order chi connectivity index (χ0) is 22.6. The molecule has 1 aliphatic carbocycles. The lowest BCUT2D eigenvalue weighted by molar-refractivity contribution is 0.101. The third-order valence-corrected chi connectivity index (χ3v) is 7.31. The summed E-state index contributed by atoms with van der Waals surface area (Å²) >= 11 is 2.04. The molecule has 0 bridgehead atoms. The van der Waals surface area contributed by atoms with Gasteiger partial charge in [0.25, 0.3) is 5.82 Å². The third-order valence-electron chi connectivity index (χ3n) is 6.37. The van der Waals surface area contributed by atoms with Crippen molar-refractivity contribution in [2.75, 3.05) is 36.5 Å². The fourth-order valence-corrected chi connectivity index (χ4v) is 5.20. The first-order chi connectivity index (χ1) is 15.4. The van der Waals surface area contributed by atoms with Gasteiger partial charge in [0.05, 0.1) is 6.20 Å². The first kappa shape index (κ1) is 22.6. The van der Waals surface area contributed by atoms with Crippen LogP contribution < -0.4 is 5.32 Å². The number of imidazole rings is 1. The minimum absolute atomic E-state index is 0.160. The topological polar surface area (TPSA) is 65.4 Å². The molecule has 0 atom stereocenters. The van der Waals surface area contributed by atoms with E-state index >= 15 is 0 Å². The molecule has 2 aromatic rings. The van der Waals surface area contributed by atoms with E-state index in [0.29, 0.717) is 5.41 Å². The molecule has 1 aromatic heterocycles. The molecule has 6 nitrogen and oxygen atoms in total. The highest BCUT2D eigenvalue weighted by molar-refractivity contribution is 7.99. The van der Waals surface area contributed by atoms with E-state index in [9.17, 15) is 4.79 Å². The molecule has 168 valence electrons. The lowest BCUT2D eigenvalue weighted by atomic mass is 9.76. The zero-order valence-electron chi connectivity index (χ0n) is 18.9. The molecule has 2 heterocycles. The second-order valence-electron chi connectivity index (χ2n) is 9.36. The number of hydrogen-bond donors (Lipinski definition) is 2. The molecule has 0 saturated carbocycles. The van der Waals surface area contributed by atoms with Gasteiger partial charge in [-0.15, -0.1) is 0 Å². The van der Waals surface area contributed by atoms with Gasteiger partial charge in [-0.2, -0.15) is 11.8 Å². The maximum absolute atomic E-state index is 12.8. The van der Waals surface area contributed by atoms with Crippen molar-refractivity contribution in [3.8, 4) is 0 Å². The van der Waals surface area contributed by atoms with Crippen molar-refractivity contribution < 1.29 is 4.79 Å². The summed E-state index contributed by atoms with van der Waals surface area (Å²) in [6.07, 6.45) is 7.91. The van der Waals surface area contributed by atoms with Crippen molar-refractivity contribution in [3.63, 3.8) is 0 Å². The van der Waals surface area contributed by atoms with Crippen LogP contribution in [0, 0.1) is 12.0 Å². The SMILES string of the molecule is [C-]#[N+]c1cnc(C(=O)Nc2ccc(CCN3CCSCC3)cc2C2=CCC(C)(C)CC2)[nH]1. The molecule has 0 radical (unpaired) electrons. The number of amides is 1. The van der Waals surface area contributed by atoms with Crippen molar-refractivity contribution in [3.05, 3.63) is 58.8 Å². The molecule has 7 heteroatoms. The minimum Gasteiger partial charge on any atom is -0.363 e. The van der Waals surface area contributed by atoms with Crippen LogP contribution >= 0.6 is 11.8 Å².